The van der Waals surface area contributed by atoms with Crippen molar-refractivity contribution in [3.05, 3.63) is 29.3 Å². The number of benzene rings is 1. The summed E-state index contributed by atoms with van der Waals surface area (Å²) in [4.78, 5) is 0. The van der Waals surface area contributed by atoms with E-state index in [1.165, 1.54) is 13.0 Å². The van der Waals surface area contributed by atoms with Gasteiger partial charge in [0.2, 0.25) is 0 Å². The second-order valence-electron chi connectivity index (χ2n) is 5.24. The Morgan fingerprint density at radius 1 is 1.29 bits per heavy atom. The van der Waals surface area contributed by atoms with Crippen molar-refractivity contribution in [1.29, 1.82) is 5.26 Å². The molecule has 0 aliphatic heterocycles. The van der Waals surface area contributed by atoms with Gasteiger partial charge in [0.1, 0.15) is 11.8 Å². The zero-order valence-corrected chi connectivity index (χ0v) is 12.3. The number of hydrogen-bond acceptors (Lipinski definition) is 3. The number of nitrogens with zero attached hydrogens (tertiary/aromatic N) is 1. The quantitative estimate of drug-likeness (QED) is 0.870. The summed E-state index contributed by atoms with van der Waals surface area (Å²) >= 11 is 0. The molecule has 0 aromatic heterocycles. The summed E-state index contributed by atoms with van der Waals surface area (Å²) in [7, 11) is 0. The van der Waals surface area contributed by atoms with Gasteiger partial charge in [-0.15, -0.1) is 0 Å². The van der Waals surface area contributed by atoms with E-state index in [1.54, 1.807) is 12.1 Å². The molecule has 1 unspecified atom stereocenters. The predicted molar refractivity (Wildman–Crippen MR) is 73.7 cm³/mol. The molecule has 1 aromatic rings. The molecule has 0 fully saturated rings. The maximum atomic E-state index is 13.0. The minimum Gasteiger partial charge on any atom is -0.475 e. The number of rotatable bonds is 6. The second kappa shape index (κ2) is 7.32. The van der Waals surface area contributed by atoms with Gasteiger partial charge >= 0.3 is 6.18 Å². The Labute approximate surface area is 122 Å². The van der Waals surface area contributed by atoms with Crippen LogP contribution in [-0.4, -0.2) is 12.6 Å². The maximum absolute atomic E-state index is 13.0. The molecule has 0 aliphatic carbocycles. The third-order valence-corrected chi connectivity index (χ3v) is 2.72. The highest BCUT2D eigenvalue weighted by molar-refractivity contribution is 5.39. The minimum absolute atomic E-state index is 0.316. The lowest BCUT2D eigenvalue weighted by Crippen LogP contribution is -2.20. The summed E-state index contributed by atoms with van der Waals surface area (Å²) < 4.78 is 44.2. The molecule has 0 aliphatic rings. The second-order valence-corrected chi connectivity index (χ2v) is 5.24. The van der Waals surface area contributed by atoms with Crippen LogP contribution in [0.25, 0.3) is 0 Å². The van der Waals surface area contributed by atoms with Gasteiger partial charge in [-0.3, -0.25) is 0 Å². The van der Waals surface area contributed by atoms with E-state index in [0.29, 0.717) is 18.0 Å². The topological polar surface area (TPSA) is 45.0 Å². The number of nitrogens with one attached hydrogen (secondary N) is 1. The van der Waals surface area contributed by atoms with Gasteiger partial charge in [0.05, 0.1) is 5.56 Å². The standard InChI is InChI=1S/C15H19F3N2O/c1-10(2)8-20-9-12-4-5-14(21-11(3)7-19)13(6-12)15(16,17)18/h4-6,10-11,20H,8-9H2,1-3H3. The Hall–Kier alpha value is -1.74. The first kappa shape index (κ1) is 17.3. The van der Waals surface area contributed by atoms with E-state index < -0.39 is 17.8 Å². The largest absolute Gasteiger partial charge is 0.475 e. The molecule has 3 nitrogen and oxygen atoms in total. The SMILES string of the molecule is CC(C)CNCc1ccc(OC(C)C#N)c(C(F)(F)F)c1. The van der Waals surface area contributed by atoms with Crippen molar-refractivity contribution in [1.82, 2.24) is 5.32 Å². The summed E-state index contributed by atoms with van der Waals surface area (Å²) in [5, 5.41) is 11.7. The third kappa shape index (κ3) is 5.64. The Balaban J connectivity index is 2.94. The fourth-order valence-corrected chi connectivity index (χ4v) is 1.73. The Morgan fingerprint density at radius 3 is 2.48 bits per heavy atom. The highest BCUT2D eigenvalue weighted by Crippen LogP contribution is 2.37. The lowest BCUT2D eigenvalue weighted by atomic mass is 10.1. The molecular weight excluding hydrogens is 281 g/mol. The van der Waals surface area contributed by atoms with Crippen molar-refractivity contribution in [2.24, 2.45) is 5.92 Å². The van der Waals surface area contributed by atoms with Gasteiger partial charge < -0.3 is 10.1 Å². The van der Waals surface area contributed by atoms with Crippen molar-refractivity contribution >= 4 is 0 Å². The molecule has 0 saturated heterocycles. The maximum Gasteiger partial charge on any atom is 0.419 e. The smallest absolute Gasteiger partial charge is 0.419 e. The first-order chi connectivity index (χ1) is 9.74. The van der Waals surface area contributed by atoms with Gasteiger partial charge in [-0.25, -0.2) is 0 Å². The number of alkyl halides is 3. The lowest BCUT2D eigenvalue weighted by molar-refractivity contribution is -0.139. The van der Waals surface area contributed by atoms with E-state index in [-0.39, 0.29) is 5.75 Å². The summed E-state index contributed by atoms with van der Waals surface area (Å²) in [6.07, 6.45) is -5.45. The average Bonchev–Trinajstić information content (AvgIpc) is 2.38. The fourth-order valence-electron chi connectivity index (χ4n) is 1.73. The zero-order valence-electron chi connectivity index (χ0n) is 12.3. The molecule has 0 bridgehead atoms. The van der Waals surface area contributed by atoms with E-state index in [9.17, 15) is 13.2 Å². The number of ether oxygens (including phenoxy) is 1. The minimum atomic E-state index is -4.52. The van der Waals surface area contributed by atoms with Crippen molar-refractivity contribution in [2.45, 2.75) is 39.6 Å². The van der Waals surface area contributed by atoms with Gasteiger partial charge in [-0.1, -0.05) is 19.9 Å². The molecule has 1 rings (SSSR count). The molecule has 0 heterocycles. The van der Waals surface area contributed by atoms with Crippen LogP contribution in [-0.2, 0) is 12.7 Å². The van der Waals surface area contributed by atoms with E-state index >= 15 is 0 Å². The molecule has 21 heavy (non-hydrogen) atoms. The van der Waals surface area contributed by atoms with Crippen LogP contribution in [0.2, 0.25) is 0 Å². The fraction of sp³-hybridized carbons (Fsp3) is 0.533. The highest BCUT2D eigenvalue weighted by Gasteiger charge is 2.35. The summed E-state index contributed by atoms with van der Waals surface area (Å²) in [5.41, 5.74) is -0.326. The van der Waals surface area contributed by atoms with E-state index in [1.807, 2.05) is 13.8 Å². The first-order valence-electron chi connectivity index (χ1n) is 6.71. The Morgan fingerprint density at radius 2 is 1.95 bits per heavy atom. The third-order valence-electron chi connectivity index (χ3n) is 2.72. The molecule has 116 valence electrons. The molecule has 0 spiro atoms. The Bertz CT molecular complexity index is 507. The van der Waals surface area contributed by atoms with Gasteiger partial charge in [-0.05, 0) is 37.1 Å². The van der Waals surface area contributed by atoms with Crippen LogP contribution in [0, 0.1) is 17.2 Å². The summed E-state index contributed by atoms with van der Waals surface area (Å²) in [6.45, 7) is 6.53. The van der Waals surface area contributed by atoms with Gasteiger partial charge in [0, 0.05) is 6.54 Å². The van der Waals surface area contributed by atoms with E-state index in [4.69, 9.17) is 10.00 Å². The van der Waals surface area contributed by atoms with Crippen LogP contribution in [0.4, 0.5) is 13.2 Å². The monoisotopic (exact) mass is 300 g/mol. The van der Waals surface area contributed by atoms with Gasteiger partial charge in [0.25, 0.3) is 0 Å². The number of hydrogen-bond donors (Lipinski definition) is 1. The molecule has 1 N–H and O–H groups in total. The van der Waals surface area contributed by atoms with E-state index in [2.05, 4.69) is 5.32 Å². The van der Waals surface area contributed by atoms with Crippen LogP contribution in [0.15, 0.2) is 18.2 Å². The molecule has 0 radical (unpaired) electrons. The lowest BCUT2D eigenvalue weighted by Gasteiger charge is -2.16. The molecular formula is C15H19F3N2O. The number of nitriles is 1. The van der Waals surface area contributed by atoms with Crippen molar-refractivity contribution in [2.75, 3.05) is 6.54 Å². The molecule has 0 amide bonds. The number of halogens is 3. The normalized spacial score (nSPS) is 13.0. The van der Waals surface area contributed by atoms with Crippen LogP contribution in [0.5, 0.6) is 5.75 Å². The van der Waals surface area contributed by atoms with Crippen LogP contribution >= 0.6 is 0 Å². The van der Waals surface area contributed by atoms with Crippen molar-refractivity contribution < 1.29 is 17.9 Å². The predicted octanol–water partition coefficient (Wildman–Crippen LogP) is 3.74. The summed E-state index contributed by atoms with van der Waals surface area (Å²) in [6, 6.07) is 5.65. The van der Waals surface area contributed by atoms with Crippen LogP contribution in [0.1, 0.15) is 31.9 Å². The van der Waals surface area contributed by atoms with Gasteiger partial charge in [-0.2, -0.15) is 18.4 Å². The molecule has 0 saturated carbocycles. The van der Waals surface area contributed by atoms with Gasteiger partial charge in [0.15, 0.2) is 6.10 Å². The van der Waals surface area contributed by atoms with Crippen LogP contribution in [0.3, 0.4) is 0 Å². The summed E-state index contributed by atoms with van der Waals surface area (Å²) in [5.74, 6) is 0.107. The van der Waals surface area contributed by atoms with Crippen LogP contribution < -0.4 is 10.1 Å². The zero-order chi connectivity index (χ0) is 16.0. The molecule has 1 aromatic carbocycles. The van der Waals surface area contributed by atoms with E-state index in [0.717, 1.165) is 12.6 Å². The highest BCUT2D eigenvalue weighted by atomic mass is 19.4. The van der Waals surface area contributed by atoms with Crippen molar-refractivity contribution in [3.8, 4) is 11.8 Å². The van der Waals surface area contributed by atoms with Crippen molar-refractivity contribution in [3.63, 3.8) is 0 Å². The first-order valence-corrected chi connectivity index (χ1v) is 6.71. The molecule has 6 heteroatoms. The molecule has 1 atom stereocenters. The average molecular weight is 300 g/mol. The Kier molecular flexibility index (Phi) is 6.03.